The Hall–Kier alpha value is -2.49. The Balaban J connectivity index is 1.85. The largest absolute Gasteiger partial charge is 0.385 e. The third kappa shape index (κ3) is 5.11. The Bertz CT molecular complexity index is 914. The van der Waals surface area contributed by atoms with Gasteiger partial charge in [0, 0.05) is 13.1 Å². The van der Waals surface area contributed by atoms with Crippen molar-refractivity contribution in [3.63, 3.8) is 0 Å². The fraction of sp³-hybridized carbons (Fsp3) is 0.346. The second-order valence-corrected chi connectivity index (χ2v) is 7.97. The number of aliphatic hydroxyl groups is 1. The van der Waals surface area contributed by atoms with E-state index in [1.54, 1.807) is 6.08 Å². The van der Waals surface area contributed by atoms with Gasteiger partial charge >= 0.3 is 0 Å². The van der Waals surface area contributed by atoms with E-state index in [0.29, 0.717) is 13.0 Å². The molecule has 0 aliphatic carbocycles. The summed E-state index contributed by atoms with van der Waals surface area (Å²) in [5, 5.41) is 11.5. The highest BCUT2D eigenvalue weighted by atomic mass is 16.3. The predicted octanol–water partition coefficient (Wildman–Crippen LogP) is 4.67. The first-order valence-corrected chi connectivity index (χ1v) is 10.4. The zero-order valence-electron chi connectivity index (χ0n) is 17.6. The summed E-state index contributed by atoms with van der Waals surface area (Å²) in [7, 11) is 0. The molecule has 0 unspecified atom stereocenters. The van der Waals surface area contributed by atoms with E-state index in [1.807, 2.05) is 67.6 Å². The lowest BCUT2D eigenvalue weighted by Gasteiger charge is -2.41. The Labute approximate surface area is 174 Å². The van der Waals surface area contributed by atoms with Gasteiger partial charge in [0.25, 0.3) is 0 Å². The molecule has 0 spiro atoms. The number of ketones is 1. The van der Waals surface area contributed by atoms with Gasteiger partial charge < -0.3 is 10.0 Å². The van der Waals surface area contributed by atoms with Gasteiger partial charge in [0.15, 0.2) is 5.78 Å². The summed E-state index contributed by atoms with van der Waals surface area (Å²) in [6, 6.07) is 16.1. The molecule has 2 atom stereocenters. The van der Waals surface area contributed by atoms with Crippen molar-refractivity contribution in [3.8, 4) is 0 Å². The molecule has 1 heterocycles. The van der Waals surface area contributed by atoms with E-state index in [-0.39, 0.29) is 5.78 Å². The molecule has 0 bridgehead atoms. The number of piperidine rings is 1. The molecule has 0 radical (unpaired) electrons. The molecular formula is C26H31NO2. The molecule has 3 rings (SSSR count). The van der Waals surface area contributed by atoms with Crippen LogP contribution in [0.15, 0.2) is 60.7 Å². The minimum absolute atomic E-state index is 0.0247. The van der Waals surface area contributed by atoms with E-state index in [4.69, 9.17) is 0 Å². The normalized spacial score (nSPS) is 23.1. The number of allylic oxidation sites excluding steroid dienone is 1. The van der Waals surface area contributed by atoms with Gasteiger partial charge in [-0.2, -0.15) is 0 Å². The Morgan fingerprint density at radius 3 is 2.24 bits per heavy atom. The molecule has 3 heteroatoms. The molecule has 1 aliphatic heterocycles. The van der Waals surface area contributed by atoms with Crippen LogP contribution >= 0.6 is 0 Å². The Morgan fingerprint density at radius 2 is 1.66 bits per heavy atom. The fourth-order valence-corrected chi connectivity index (χ4v) is 3.91. The molecule has 1 N–H and O–H groups in total. The predicted molar refractivity (Wildman–Crippen MR) is 121 cm³/mol. The monoisotopic (exact) mass is 389 g/mol. The molecule has 0 aromatic heterocycles. The summed E-state index contributed by atoms with van der Waals surface area (Å²) in [5.41, 5.74) is 3.25. The molecule has 29 heavy (non-hydrogen) atoms. The van der Waals surface area contributed by atoms with E-state index >= 15 is 0 Å². The van der Waals surface area contributed by atoms with Crippen molar-refractivity contribution < 1.29 is 9.90 Å². The maximum atomic E-state index is 13.1. The SMILES string of the molecule is CCN1CC[C@](O)(/C=C/c2ccccc2C)[C@H](C(=O)/C=C/c2ccccc2C)C1. The van der Waals surface area contributed by atoms with E-state index in [9.17, 15) is 9.90 Å². The Kier molecular flexibility index (Phi) is 6.83. The molecule has 0 amide bonds. The minimum atomic E-state index is -1.14. The van der Waals surface area contributed by atoms with Crippen molar-refractivity contribution in [3.05, 3.63) is 82.9 Å². The van der Waals surface area contributed by atoms with Crippen LogP contribution < -0.4 is 0 Å². The Morgan fingerprint density at radius 1 is 1.07 bits per heavy atom. The number of hydrogen-bond donors (Lipinski definition) is 1. The van der Waals surface area contributed by atoms with Crippen molar-refractivity contribution in [1.29, 1.82) is 0 Å². The second-order valence-electron chi connectivity index (χ2n) is 7.97. The minimum Gasteiger partial charge on any atom is -0.385 e. The van der Waals surface area contributed by atoms with E-state index in [2.05, 4.69) is 24.8 Å². The lowest BCUT2D eigenvalue weighted by molar-refractivity contribution is -0.129. The molecule has 1 aliphatic rings. The van der Waals surface area contributed by atoms with Crippen molar-refractivity contribution in [2.75, 3.05) is 19.6 Å². The average molecular weight is 390 g/mol. The zero-order valence-corrected chi connectivity index (χ0v) is 17.6. The van der Waals surface area contributed by atoms with Gasteiger partial charge in [-0.3, -0.25) is 4.79 Å². The van der Waals surface area contributed by atoms with Crippen LogP contribution in [0.25, 0.3) is 12.2 Å². The molecular weight excluding hydrogens is 358 g/mol. The average Bonchev–Trinajstić information content (AvgIpc) is 2.73. The summed E-state index contributed by atoms with van der Waals surface area (Å²) < 4.78 is 0. The smallest absolute Gasteiger partial charge is 0.163 e. The second kappa shape index (κ2) is 9.34. The molecule has 0 saturated carbocycles. The van der Waals surface area contributed by atoms with E-state index in [0.717, 1.165) is 35.3 Å². The summed E-state index contributed by atoms with van der Waals surface area (Å²) in [6.45, 7) is 8.42. The number of benzene rings is 2. The van der Waals surface area contributed by atoms with Gasteiger partial charge in [-0.25, -0.2) is 0 Å². The standard InChI is InChI=1S/C26H31NO2/c1-4-27-18-17-26(29,16-15-23-12-8-6-10-21(23)3)24(19-27)25(28)14-13-22-11-7-5-9-20(22)2/h5-16,24,29H,4,17-19H2,1-3H3/b14-13+,16-15+/t24-,26+/m0/s1. The number of likely N-dealkylation sites (tertiary alicyclic amines) is 1. The van der Waals surface area contributed by atoms with Crippen molar-refractivity contribution in [2.45, 2.75) is 32.8 Å². The fourth-order valence-electron chi connectivity index (χ4n) is 3.91. The van der Waals surface area contributed by atoms with Gasteiger partial charge in [-0.05, 0) is 55.1 Å². The van der Waals surface area contributed by atoms with Gasteiger partial charge in [0.1, 0.15) is 0 Å². The van der Waals surface area contributed by atoms with E-state index < -0.39 is 11.5 Å². The maximum Gasteiger partial charge on any atom is 0.163 e. The zero-order chi connectivity index (χ0) is 20.9. The highest BCUT2D eigenvalue weighted by Gasteiger charge is 2.42. The maximum absolute atomic E-state index is 13.1. The molecule has 152 valence electrons. The van der Waals surface area contributed by atoms with Gasteiger partial charge in [0.2, 0.25) is 0 Å². The first kappa shape index (κ1) is 21.2. The number of rotatable bonds is 6. The molecule has 1 fully saturated rings. The lowest BCUT2D eigenvalue weighted by Crippen LogP contribution is -2.53. The first-order valence-electron chi connectivity index (χ1n) is 10.4. The van der Waals surface area contributed by atoms with Crippen molar-refractivity contribution in [1.82, 2.24) is 4.90 Å². The summed E-state index contributed by atoms with van der Waals surface area (Å²) in [6.07, 6.45) is 7.86. The third-order valence-corrected chi connectivity index (χ3v) is 6.02. The molecule has 2 aromatic rings. The summed E-state index contributed by atoms with van der Waals surface area (Å²) in [4.78, 5) is 15.4. The summed E-state index contributed by atoms with van der Waals surface area (Å²) >= 11 is 0. The quantitative estimate of drug-likeness (QED) is 0.730. The van der Waals surface area contributed by atoms with Crippen LogP contribution in [0.2, 0.25) is 0 Å². The van der Waals surface area contributed by atoms with Crippen LogP contribution in [-0.4, -0.2) is 41.0 Å². The van der Waals surface area contributed by atoms with E-state index in [1.165, 1.54) is 0 Å². The molecule has 2 aromatic carbocycles. The van der Waals surface area contributed by atoms with Gasteiger partial charge in [0.05, 0.1) is 11.5 Å². The van der Waals surface area contributed by atoms with Crippen LogP contribution in [0.1, 0.15) is 35.6 Å². The van der Waals surface area contributed by atoms with Crippen molar-refractivity contribution in [2.24, 2.45) is 5.92 Å². The topological polar surface area (TPSA) is 40.5 Å². The van der Waals surface area contributed by atoms with Gasteiger partial charge in [-0.1, -0.05) is 73.7 Å². The number of aryl methyl sites for hydroxylation is 2. The number of nitrogens with zero attached hydrogens (tertiary/aromatic N) is 1. The highest BCUT2D eigenvalue weighted by molar-refractivity contribution is 5.96. The van der Waals surface area contributed by atoms with Crippen LogP contribution in [0.5, 0.6) is 0 Å². The number of carbonyl (C=O) groups excluding carboxylic acids is 1. The first-order chi connectivity index (χ1) is 13.9. The number of carbonyl (C=O) groups is 1. The van der Waals surface area contributed by atoms with Crippen LogP contribution in [0, 0.1) is 19.8 Å². The lowest BCUT2D eigenvalue weighted by atomic mass is 9.77. The summed E-state index contributed by atoms with van der Waals surface area (Å²) in [5.74, 6) is -0.500. The van der Waals surface area contributed by atoms with Crippen molar-refractivity contribution >= 4 is 17.9 Å². The van der Waals surface area contributed by atoms with Gasteiger partial charge in [-0.15, -0.1) is 0 Å². The van der Waals surface area contributed by atoms with Crippen LogP contribution in [-0.2, 0) is 4.79 Å². The van der Waals surface area contributed by atoms with Crippen LogP contribution in [0.3, 0.4) is 0 Å². The number of hydrogen-bond acceptors (Lipinski definition) is 3. The van der Waals surface area contributed by atoms with Crippen LogP contribution in [0.4, 0.5) is 0 Å². The molecule has 1 saturated heterocycles. The third-order valence-electron chi connectivity index (χ3n) is 6.02. The highest BCUT2D eigenvalue weighted by Crippen LogP contribution is 2.32. The molecule has 3 nitrogen and oxygen atoms in total.